The molecular formula is C5H18Cl6Sn2. The molecule has 0 nitrogen and oxygen atoms in total. The van der Waals surface area contributed by atoms with Gasteiger partial charge in [-0.05, 0) is 0 Å². The van der Waals surface area contributed by atoms with E-state index in [1.165, 1.54) is 4.44 Å². The molecule has 88 valence electrons. The summed E-state index contributed by atoms with van der Waals surface area (Å²) in [5, 5.41) is 0. The van der Waals surface area contributed by atoms with Crippen LogP contribution in [0.5, 0.6) is 0 Å². The average Bonchev–Trinajstić information content (AvgIpc) is 1.73. The van der Waals surface area contributed by atoms with E-state index in [1.807, 2.05) is 0 Å². The van der Waals surface area contributed by atoms with Crippen molar-refractivity contribution in [1.29, 1.82) is 0 Å². The minimum absolute atomic E-state index is 0. The molecule has 0 saturated carbocycles. The molecule has 0 aromatic heterocycles. The Balaban J connectivity index is -0.00000000492. The molecule has 0 saturated heterocycles. The van der Waals surface area contributed by atoms with Gasteiger partial charge in [0.25, 0.3) is 0 Å². The minimum atomic E-state index is 0. The Morgan fingerprint density at radius 1 is 0.769 bits per heavy atom. The van der Waals surface area contributed by atoms with Crippen LogP contribution in [-0.2, 0) is 0 Å². The van der Waals surface area contributed by atoms with Crippen LogP contribution in [0, 0.1) is 5.92 Å². The third-order valence-corrected chi connectivity index (χ3v) is 2.74. The van der Waals surface area contributed by atoms with E-state index in [2.05, 4.69) is 18.8 Å². The van der Waals surface area contributed by atoms with E-state index in [9.17, 15) is 0 Å². The molecule has 0 unspecified atom stereocenters. The van der Waals surface area contributed by atoms with E-state index in [0.717, 1.165) is 5.92 Å². The van der Waals surface area contributed by atoms with Gasteiger partial charge in [0.1, 0.15) is 0 Å². The molecule has 0 aromatic carbocycles. The summed E-state index contributed by atoms with van der Waals surface area (Å²) in [6.07, 6.45) is 0. The second-order valence-electron chi connectivity index (χ2n) is 1.60. The van der Waals surface area contributed by atoms with Gasteiger partial charge in [0.15, 0.2) is 0 Å². The van der Waals surface area contributed by atoms with Crippen molar-refractivity contribution in [1.82, 2.24) is 0 Å². The van der Waals surface area contributed by atoms with Crippen molar-refractivity contribution >= 4 is 119 Å². The van der Waals surface area contributed by atoms with Gasteiger partial charge >= 0.3 is 74.2 Å². The van der Waals surface area contributed by atoms with Crippen LogP contribution >= 0.6 is 74.4 Å². The topological polar surface area (TPSA) is 0 Å². The molecule has 0 aliphatic rings. The van der Waals surface area contributed by atoms with Crippen molar-refractivity contribution < 1.29 is 0 Å². The molecular weight excluding hydrogens is 510 g/mol. The predicted molar refractivity (Wildman–Crippen MR) is 80.5 cm³/mol. The fourth-order valence-corrected chi connectivity index (χ4v) is 0. The second-order valence-corrected chi connectivity index (χ2v) is 2.76. The van der Waals surface area contributed by atoms with E-state index < -0.39 is 0 Å². The Labute approximate surface area is 147 Å². The Kier molecular flexibility index (Phi) is 249. The van der Waals surface area contributed by atoms with E-state index in [0.29, 0.717) is 0 Å². The molecule has 0 aliphatic heterocycles. The second kappa shape index (κ2) is 58.6. The first-order valence-electron chi connectivity index (χ1n) is 2.42. The summed E-state index contributed by atoms with van der Waals surface area (Å²) in [6.45, 7) is 4.49. The molecule has 6 radical (unpaired) electrons. The standard InChI is InChI=1S/C4H9.CH3.6ClH.2Sn/c1-4(2)3;;;;;;;;;/h4H,1H2,2-3H3;1H3;6*1H;;. The molecule has 0 rings (SSSR count). The number of hydrogen-bond acceptors (Lipinski definition) is 0. The van der Waals surface area contributed by atoms with Gasteiger partial charge in [-0.3, -0.25) is 0 Å². The SMILES string of the molecule is CC(C)[CH2][Sn].Cl.Cl.Cl.Cl.Cl.Cl.[CH3][Sn]. The molecule has 0 aromatic rings. The maximum atomic E-state index is 2.24. The average molecular weight is 528 g/mol. The monoisotopic (exact) mass is 528 g/mol. The fourth-order valence-electron chi connectivity index (χ4n) is 0. The van der Waals surface area contributed by atoms with Crippen LogP contribution in [0.1, 0.15) is 13.8 Å². The van der Waals surface area contributed by atoms with Crippen molar-refractivity contribution in [3.8, 4) is 0 Å². The summed E-state index contributed by atoms with van der Waals surface area (Å²) in [4.78, 5) is 2.09. The van der Waals surface area contributed by atoms with Crippen molar-refractivity contribution in [3.05, 3.63) is 0 Å². The van der Waals surface area contributed by atoms with Crippen LogP contribution in [-0.4, -0.2) is 45.0 Å². The maximum absolute atomic E-state index is 2.24. The molecule has 0 heterocycles. The molecule has 0 spiro atoms. The normalized spacial score (nSPS) is 4.15. The Bertz CT molecular complexity index is 33.0. The van der Waals surface area contributed by atoms with E-state index in [1.54, 1.807) is 45.0 Å². The number of hydrogen-bond donors (Lipinski definition) is 0. The predicted octanol–water partition coefficient (Wildman–Crippen LogP) is 3.96. The summed E-state index contributed by atoms with van der Waals surface area (Å²) in [5.41, 5.74) is 0. The van der Waals surface area contributed by atoms with Gasteiger partial charge in [0.05, 0.1) is 0 Å². The van der Waals surface area contributed by atoms with Crippen LogP contribution in [0.4, 0.5) is 0 Å². The molecule has 0 aliphatic carbocycles. The first kappa shape index (κ1) is 55.3. The van der Waals surface area contributed by atoms with Crippen LogP contribution in [0.25, 0.3) is 0 Å². The summed E-state index contributed by atoms with van der Waals surface area (Å²) in [7, 11) is 0. The fraction of sp³-hybridized carbons (Fsp3) is 1.00. The van der Waals surface area contributed by atoms with Gasteiger partial charge < -0.3 is 0 Å². The van der Waals surface area contributed by atoms with Crippen LogP contribution in [0.15, 0.2) is 0 Å². The Morgan fingerprint density at radius 3 is 0.846 bits per heavy atom. The number of rotatable bonds is 1. The van der Waals surface area contributed by atoms with Gasteiger partial charge in [-0.15, -0.1) is 74.4 Å². The van der Waals surface area contributed by atoms with Gasteiger partial charge in [0, 0.05) is 0 Å². The van der Waals surface area contributed by atoms with Crippen LogP contribution < -0.4 is 0 Å². The molecule has 0 amide bonds. The van der Waals surface area contributed by atoms with Gasteiger partial charge in [-0.1, -0.05) is 0 Å². The zero-order chi connectivity index (χ0) is 6.28. The molecule has 0 atom stereocenters. The summed E-state index contributed by atoms with van der Waals surface area (Å²) in [6, 6.07) is 0. The first-order chi connectivity index (χ1) is 3.27. The summed E-state index contributed by atoms with van der Waals surface area (Å²) < 4.78 is 1.40. The van der Waals surface area contributed by atoms with Crippen molar-refractivity contribution in [2.45, 2.75) is 23.2 Å². The molecule has 13 heavy (non-hydrogen) atoms. The van der Waals surface area contributed by atoms with Gasteiger partial charge in [-0.25, -0.2) is 0 Å². The number of halogens is 6. The van der Waals surface area contributed by atoms with E-state index >= 15 is 0 Å². The van der Waals surface area contributed by atoms with Crippen LogP contribution in [0.3, 0.4) is 0 Å². The third-order valence-electron chi connectivity index (χ3n) is 0.408. The zero-order valence-corrected chi connectivity index (χ0v) is 18.3. The summed E-state index contributed by atoms with van der Waals surface area (Å²) in [5.74, 6) is 0.924. The van der Waals surface area contributed by atoms with Crippen molar-refractivity contribution in [3.63, 3.8) is 0 Å². The van der Waals surface area contributed by atoms with Crippen molar-refractivity contribution in [2.24, 2.45) is 5.92 Å². The van der Waals surface area contributed by atoms with Gasteiger partial charge in [0.2, 0.25) is 0 Å². The molecule has 8 heteroatoms. The zero-order valence-electron chi connectivity index (χ0n) is 7.73. The molecule has 0 bridgehead atoms. The molecule has 0 fully saturated rings. The first-order valence-corrected chi connectivity index (χ1v) is 7.29. The van der Waals surface area contributed by atoms with Crippen molar-refractivity contribution in [2.75, 3.05) is 0 Å². The quantitative estimate of drug-likeness (QED) is 0.453. The Hall–Kier alpha value is 3.34. The third kappa shape index (κ3) is 95.8. The Morgan fingerprint density at radius 2 is 0.846 bits per heavy atom. The van der Waals surface area contributed by atoms with E-state index in [4.69, 9.17) is 0 Å². The van der Waals surface area contributed by atoms with Gasteiger partial charge in [-0.2, -0.15) is 0 Å². The van der Waals surface area contributed by atoms with E-state index in [-0.39, 0.29) is 74.4 Å². The molecule has 0 N–H and O–H groups in total. The van der Waals surface area contributed by atoms with Crippen LogP contribution in [0.2, 0.25) is 9.38 Å². The summed E-state index contributed by atoms with van der Waals surface area (Å²) >= 11 is 3.21.